The van der Waals surface area contributed by atoms with Crippen LogP contribution >= 0.6 is 24.8 Å². The standard InChI is InChI=1S/C12H9F2N3OS2.K.H/c13-8-5-9-6(2-1-3-15-9)11(14)7(8)4-10(18)16-17-12(19)20;;/h1-3,5H,4H2,(H,16,18)(H2,17,19,20);;/q;+1;-1. The molecule has 106 valence electrons. The number of nitrogens with zero attached hydrogens (tertiary/aromatic N) is 1. The molecule has 21 heavy (non-hydrogen) atoms. The molecule has 9 heteroatoms. The first-order valence-electron chi connectivity index (χ1n) is 5.48. The Kier molecular flexibility index (Phi) is 7.61. The fraction of sp³-hybridized carbons (Fsp3) is 0.0833. The molecule has 2 rings (SSSR count). The number of thiocarbonyl (C=S) groups is 1. The summed E-state index contributed by atoms with van der Waals surface area (Å²) in [6.07, 6.45) is 0.969. The molecule has 0 aliphatic carbocycles. The summed E-state index contributed by atoms with van der Waals surface area (Å²) in [5, 5.41) is 0.161. The number of nitrogens with one attached hydrogen (secondary N) is 2. The molecule has 0 saturated carbocycles. The van der Waals surface area contributed by atoms with Crippen molar-refractivity contribution in [1.29, 1.82) is 0 Å². The fourth-order valence-electron chi connectivity index (χ4n) is 1.68. The van der Waals surface area contributed by atoms with Gasteiger partial charge in [0.05, 0.1) is 11.9 Å². The topological polar surface area (TPSA) is 54.0 Å². The van der Waals surface area contributed by atoms with Crippen LogP contribution in [0.15, 0.2) is 24.4 Å². The molecular weight excluding hydrogens is 343 g/mol. The van der Waals surface area contributed by atoms with Crippen LogP contribution in [0.5, 0.6) is 0 Å². The van der Waals surface area contributed by atoms with E-state index in [0.29, 0.717) is 0 Å². The van der Waals surface area contributed by atoms with Crippen LogP contribution in [0.3, 0.4) is 0 Å². The van der Waals surface area contributed by atoms with Crippen molar-refractivity contribution < 1.29 is 66.4 Å². The van der Waals surface area contributed by atoms with Gasteiger partial charge in [-0.05, 0) is 12.1 Å². The number of aromatic nitrogens is 1. The minimum Gasteiger partial charge on any atom is -1.00 e. The van der Waals surface area contributed by atoms with E-state index in [9.17, 15) is 13.6 Å². The number of carbonyl (C=O) groups excluding carboxylic acids is 1. The van der Waals surface area contributed by atoms with E-state index in [1.807, 2.05) is 0 Å². The van der Waals surface area contributed by atoms with Crippen molar-refractivity contribution in [2.24, 2.45) is 0 Å². The van der Waals surface area contributed by atoms with Gasteiger partial charge in [0.1, 0.15) is 16.0 Å². The molecule has 0 spiro atoms. The van der Waals surface area contributed by atoms with Gasteiger partial charge in [0.25, 0.3) is 0 Å². The Labute approximate surface area is 174 Å². The van der Waals surface area contributed by atoms with E-state index in [1.54, 1.807) is 0 Å². The third-order valence-corrected chi connectivity index (χ3v) is 2.75. The molecule has 0 aliphatic heterocycles. The number of rotatable bonds is 2. The molecule has 0 fully saturated rings. The predicted molar refractivity (Wildman–Crippen MR) is 79.3 cm³/mol. The molecule has 0 radical (unpaired) electrons. The summed E-state index contributed by atoms with van der Waals surface area (Å²) >= 11 is 8.31. The maximum absolute atomic E-state index is 14.2. The summed E-state index contributed by atoms with van der Waals surface area (Å²) < 4.78 is 28.0. The van der Waals surface area contributed by atoms with E-state index in [1.165, 1.54) is 18.3 Å². The molecule has 1 aromatic heterocycles. The third kappa shape index (κ3) is 4.91. The van der Waals surface area contributed by atoms with Crippen LogP contribution in [0.2, 0.25) is 0 Å². The van der Waals surface area contributed by atoms with E-state index >= 15 is 0 Å². The Morgan fingerprint density at radius 3 is 2.81 bits per heavy atom. The molecule has 1 aromatic carbocycles. The van der Waals surface area contributed by atoms with E-state index < -0.39 is 24.0 Å². The second-order valence-corrected chi connectivity index (χ2v) is 5.03. The van der Waals surface area contributed by atoms with Crippen LogP contribution in [-0.4, -0.2) is 15.2 Å². The molecule has 0 aliphatic rings. The number of amides is 1. The maximum atomic E-state index is 14.2. The Morgan fingerprint density at radius 1 is 1.43 bits per heavy atom. The normalized spacial score (nSPS) is 9.86. The first-order valence-corrected chi connectivity index (χ1v) is 6.34. The van der Waals surface area contributed by atoms with Crippen molar-refractivity contribution in [2.45, 2.75) is 6.42 Å². The molecule has 0 saturated heterocycles. The summed E-state index contributed by atoms with van der Waals surface area (Å²) in [5.74, 6) is -2.25. The molecule has 2 aromatic rings. The quantitative estimate of drug-likeness (QED) is 0.281. The summed E-state index contributed by atoms with van der Waals surface area (Å²) in [5.41, 5.74) is 4.33. The fourth-order valence-corrected chi connectivity index (χ4v) is 1.79. The zero-order valence-corrected chi connectivity index (χ0v) is 15.8. The van der Waals surface area contributed by atoms with Crippen molar-refractivity contribution in [3.8, 4) is 0 Å². The van der Waals surface area contributed by atoms with Crippen molar-refractivity contribution in [3.05, 3.63) is 41.6 Å². The van der Waals surface area contributed by atoms with Gasteiger partial charge in [-0.3, -0.25) is 20.6 Å². The minimum absolute atomic E-state index is 0. The number of thiol groups is 1. The number of hydrogen-bond donors (Lipinski definition) is 3. The second kappa shape index (κ2) is 8.46. The molecular formula is C12H10F2KN3OS2. The van der Waals surface area contributed by atoms with Crippen LogP contribution in [0.25, 0.3) is 10.9 Å². The Bertz CT molecular complexity index is 705. The third-order valence-electron chi connectivity index (χ3n) is 2.54. The maximum Gasteiger partial charge on any atom is 1.00 e. The minimum atomic E-state index is -0.822. The van der Waals surface area contributed by atoms with Crippen LogP contribution in [-0.2, 0) is 11.2 Å². The van der Waals surface area contributed by atoms with Gasteiger partial charge in [0.2, 0.25) is 5.91 Å². The first-order chi connectivity index (χ1) is 9.49. The zero-order valence-electron chi connectivity index (χ0n) is 12.0. The molecule has 0 bridgehead atoms. The molecule has 1 amide bonds. The SMILES string of the molecule is O=C(Cc1c(F)cc2ncccc2c1F)NNC(=S)S.[H-].[K+]. The average Bonchev–Trinajstić information content (AvgIpc) is 2.41. The van der Waals surface area contributed by atoms with Crippen LogP contribution in [0, 0.1) is 11.6 Å². The second-order valence-electron chi connectivity index (χ2n) is 3.88. The van der Waals surface area contributed by atoms with E-state index in [4.69, 9.17) is 0 Å². The number of hydrogen-bond acceptors (Lipinski definition) is 3. The van der Waals surface area contributed by atoms with Crippen molar-refractivity contribution in [1.82, 2.24) is 15.8 Å². The number of carbonyl (C=O) groups is 1. The van der Waals surface area contributed by atoms with Crippen molar-refractivity contribution >= 4 is 46.0 Å². The number of benzene rings is 1. The number of fused-ring (bicyclic) bond motifs is 1. The summed E-state index contributed by atoms with van der Waals surface area (Å²) in [4.78, 5) is 15.4. The molecule has 1 heterocycles. The van der Waals surface area contributed by atoms with Gasteiger partial charge >= 0.3 is 51.4 Å². The van der Waals surface area contributed by atoms with Crippen LogP contribution < -0.4 is 62.2 Å². The van der Waals surface area contributed by atoms with E-state index in [0.717, 1.165) is 6.07 Å². The summed E-state index contributed by atoms with van der Waals surface area (Å²) in [7, 11) is 0. The average molecular weight is 353 g/mol. The predicted octanol–water partition coefficient (Wildman–Crippen LogP) is -0.993. The number of halogens is 2. The van der Waals surface area contributed by atoms with Gasteiger partial charge in [-0.1, -0.05) is 12.2 Å². The zero-order chi connectivity index (χ0) is 14.7. The van der Waals surface area contributed by atoms with Crippen molar-refractivity contribution in [3.63, 3.8) is 0 Å². The largest absolute Gasteiger partial charge is 1.00 e. The van der Waals surface area contributed by atoms with Gasteiger partial charge in [-0.25, -0.2) is 8.78 Å². The van der Waals surface area contributed by atoms with Crippen LogP contribution in [0.1, 0.15) is 6.99 Å². The van der Waals surface area contributed by atoms with Gasteiger partial charge in [0.15, 0.2) is 0 Å². The molecule has 4 nitrogen and oxygen atoms in total. The monoisotopic (exact) mass is 353 g/mol. The summed E-state index contributed by atoms with van der Waals surface area (Å²) in [6, 6.07) is 4.10. The van der Waals surface area contributed by atoms with Crippen molar-refractivity contribution in [2.75, 3.05) is 0 Å². The number of hydrazine groups is 1. The van der Waals surface area contributed by atoms with Gasteiger partial charge < -0.3 is 1.43 Å². The van der Waals surface area contributed by atoms with Gasteiger partial charge in [0, 0.05) is 23.2 Å². The molecule has 0 atom stereocenters. The first kappa shape index (κ1) is 18.9. The smallest absolute Gasteiger partial charge is 1.00 e. The Morgan fingerprint density at radius 2 is 2.14 bits per heavy atom. The van der Waals surface area contributed by atoms with E-state index in [-0.39, 0.29) is 73.6 Å². The number of pyridine rings is 1. The molecule has 2 N–H and O–H groups in total. The van der Waals surface area contributed by atoms with Gasteiger partial charge in [-0.2, -0.15) is 0 Å². The van der Waals surface area contributed by atoms with E-state index in [2.05, 4.69) is 40.7 Å². The van der Waals surface area contributed by atoms with Gasteiger partial charge in [-0.15, -0.1) is 12.6 Å². The van der Waals surface area contributed by atoms with Crippen LogP contribution in [0.4, 0.5) is 8.78 Å². The Balaban J connectivity index is 0.00000220. The Hall–Kier alpha value is -0.164. The molecule has 0 unspecified atom stereocenters. The summed E-state index contributed by atoms with van der Waals surface area (Å²) in [6.45, 7) is 0.